The van der Waals surface area contributed by atoms with E-state index in [9.17, 15) is 4.79 Å². The fraction of sp³-hybridized carbons (Fsp3) is 0.900. The molecule has 1 rings (SSSR count). The molecule has 0 aliphatic carbocycles. The largest absolute Gasteiger partial charge is 0.459 e. The summed E-state index contributed by atoms with van der Waals surface area (Å²) >= 11 is 2.12. The lowest BCUT2D eigenvalue weighted by Crippen LogP contribution is -3.14. The number of hydrogen-bond acceptors (Lipinski definition) is 3. The van der Waals surface area contributed by atoms with E-state index in [1.807, 2.05) is 6.92 Å². The molecule has 1 atom stereocenters. The third-order valence-corrected chi connectivity index (χ3v) is 3.90. The second kappa shape index (κ2) is 7.40. The number of carbonyl (C=O) groups excluding carboxylic acids is 1. The Kier molecular flexibility index (Phi) is 6.51. The summed E-state index contributed by atoms with van der Waals surface area (Å²) < 4.78 is 10.4. The van der Waals surface area contributed by atoms with Crippen LogP contribution in [-0.2, 0) is 14.3 Å². The van der Waals surface area contributed by atoms with E-state index >= 15 is 0 Å². The molecule has 1 aliphatic rings. The second-order valence-corrected chi connectivity index (χ2v) is 5.16. The number of quaternary nitrogens is 1. The molecule has 0 bridgehead atoms. The molecule has 0 aromatic heterocycles. The summed E-state index contributed by atoms with van der Waals surface area (Å²) in [4.78, 5) is 12.8. The number of hydrogen-bond donors (Lipinski definition) is 1. The molecule has 5 heteroatoms. The standard InChI is InChI=1S/C10H18INO3/c1-2-9(11)10(13)15-8-5-12-3-6-14-7-4-12/h9H,2-8H2,1H3/p+1. The molecular weight excluding hydrogens is 309 g/mol. The number of esters is 1. The maximum atomic E-state index is 11.4. The van der Waals surface area contributed by atoms with Gasteiger partial charge in [0, 0.05) is 0 Å². The van der Waals surface area contributed by atoms with E-state index in [-0.39, 0.29) is 9.89 Å². The SMILES string of the molecule is CCC(I)C(=O)OCC[NH+]1CCOCC1. The Labute approximate surface area is 104 Å². The van der Waals surface area contributed by atoms with Crippen molar-refractivity contribution in [2.24, 2.45) is 0 Å². The summed E-state index contributed by atoms with van der Waals surface area (Å²) in [6.45, 7) is 7.14. The zero-order valence-corrected chi connectivity index (χ0v) is 11.3. The van der Waals surface area contributed by atoms with Gasteiger partial charge in [0.05, 0.1) is 13.2 Å². The normalized spacial score (nSPS) is 19.9. The maximum absolute atomic E-state index is 11.4. The fourth-order valence-electron chi connectivity index (χ4n) is 1.46. The van der Waals surface area contributed by atoms with Gasteiger partial charge in [0.2, 0.25) is 0 Å². The molecule has 1 saturated heterocycles. The van der Waals surface area contributed by atoms with Crippen molar-refractivity contribution in [3.05, 3.63) is 0 Å². The van der Waals surface area contributed by atoms with Gasteiger partial charge in [0.1, 0.15) is 30.2 Å². The third kappa shape index (κ3) is 5.12. The van der Waals surface area contributed by atoms with Crippen molar-refractivity contribution in [2.45, 2.75) is 17.3 Å². The highest BCUT2D eigenvalue weighted by Crippen LogP contribution is 2.06. The first-order chi connectivity index (χ1) is 7.24. The van der Waals surface area contributed by atoms with E-state index in [0.717, 1.165) is 39.3 Å². The lowest BCUT2D eigenvalue weighted by molar-refractivity contribution is -0.908. The van der Waals surface area contributed by atoms with Gasteiger partial charge in [-0.3, -0.25) is 4.79 Å². The monoisotopic (exact) mass is 328 g/mol. The maximum Gasteiger partial charge on any atom is 0.319 e. The highest BCUT2D eigenvalue weighted by atomic mass is 127. The molecule has 0 radical (unpaired) electrons. The fourth-order valence-corrected chi connectivity index (χ4v) is 1.64. The molecule has 1 N–H and O–H groups in total. The van der Waals surface area contributed by atoms with Crippen LogP contribution in [0.4, 0.5) is 0 Å². The average Bonchev–Trinajstić information content (AvgIpc) is 2.29. The van der Waals surface area contributed by atoms with Crippen LogP contribution in [0, 0.1) is 0 Å². The Bertz CT molecular complexity index is 195. The van der Waals surface area contributed by atoms with Gasteiger partial charge in [0.15, 0.2) is 0 Å². The minimum atomic E-state index is -0.0780. The van der Waals surface area contributed by atoms with Crippen LogP contribution in [0.25, 0.3) is 0 Å². The number of halogens is 1. The third-order valence-electron chi connectivity index (χ3n) is 2.51. The van der Waals surface area contributed by atoms with E-state index < -0.39 is 0 Å². The molecule has 0 aromatic rings. The van der Waals surface area contributed by atoms with Gasteiger partial charge < -0.3 is 14.4 Å². The van der Waals surface area contributed by atoms with Gasteiger partial charge in [-0.25, -0.2) is 0 Å². The predicted octanol–water partition coefficient (Wildman–Crippen LogP) is -0.342. The molecule has 0 aromatic carbocycles. The molecule has 0 saturated carbocycles. The smallest absolute Gasteiger partial charge is 0.319 e. The number of nitrogens with one attached hydrogen (secondary N) is 1. The van der Waals surface area contributed by atoms with Gasteiger partial charge in [0.25, 0.3) is 0 Å². The Balaban J connectivity index is 2.07. The molecule has 88 valence electrons. The molecule has 15 heavy (non-hydrogen) atoms. The number of rotatable bonds is 5. The lowest BCUT2D eigenvalue weighted by atomic mass is 10.3. The molecule has 1 unspecified atom stereocenters. The van der Waals surface area contributed by atoms with Crippen molar-refractivity contribution in [3.63, 3.8) is 0 Å². The average molecular weight is 328 g/mol. The summed E-state index contributed by atoms with van der Waals surface area (Å²) in [7, 11) is 0. The Morgan fingerprint density at radius 1 is 1.53 bits per heavy atom. The van der Waals surface area contributed by atoms with Gasteiger partial charge >= 0.3 is 5.97 Å². The molecule has 1 fully saturated rings. The lowest BCUT2D eigenvalue weighted by Gasteiger charge is -2.23. The van der Waals surface area contributed by atoms with Crippen molar-refractivity contribution in [1.29, 1.82) is 0 Å². The van der Waals surface area contributed by atoms with Gasteiger partial charge in [-0.1, -0.05) is 29.5 Å². The summed E-state index contributed by atoms with van der Waals surface area (Å²) in [5.74, 6) is -0.0780. The first kappa shape index (κ1) is 13.2. The van der Waals surface area contributed by atoms with Crippen LogP contribution in [-0.4, -0.2) is 49.3 Å². The Hall–Kier alpha value is 0.120. The van der Waals surface area contributed by atoms with Crippen molar-refractivity contribution in [2.75, 3.05) is 39.5 Å². The Morgan fingerprint density at radius 3 is 2.80 bits per heavy atom. The van der Waals surface area contributed by atoms with Crippen molar-refractivity contribution in [3.8, 4) is 0 Å². The summed E-state index contributed by atoms with van der Waals surface area (Å²) in [6, 6.07) is 0. The van der Waals surface area contributed by atoms with E-state index in [1.165, 1.54) is 4.90 Å². The zero-order chi connectivity index (χ0) is 11.1. The van der Waals surface area contributed by atoms with E-state index in [1.54, 1.807) is 0 Å². The van der Waals surface area contributed by atoms with E-state index in [2.05, 4.69) is 22.6 Å². The first-order valence-corrected chi connectivity index (χ1v) is 6.70. The number of alkyl halides is 1. The van der Waals surface area contributed by atoms with Crippen LogP contribution >= 0.6 is 22.6 Å². The summed E-state index contributed by atoms with van der Waals surface area (Å²) in [6.07, 6.45) is 0.837. The van der Waals surface area contributed by atoms with E-state index in [4.69, 9.17) is 9.47 Å². The Morgan fingerprint density at radius 2 is 2.20 bits per heavy atom. The number of carbonyl (C=O) groups is 1. The van der Waals surface area contributed by atoms with Crippen LogP contribution < -0.4 is 4.90 Å². The minimum Gasteiger partial charge on any atom is -0.459 e. The molecule has 1 heterocycles. The van der Waals surface area contributed by atoms with Gasteiger partial charge in [-0.2, -0.15) is 0 Å². The molecule has 4 nitrogen and oxygen atoms in total. The van der Waals surface area contributed by atoms with E-state index in [0.29, 0.717) is 6.61 Å². The van der Waals surface area contributed by atoms with Crippen LogP contribution in [0.15, 0.2) is 0 Å². The predicted molar refractivity (Wildman–Crippen MR) is 65.4 cm³/mol. The zero-order valence-electron chi connectivity index (χ0n) is 9.13. The second-order valence-electron chi connectivity index (χ2n) is 3.66. The molecule has 0 spiro atoms. The number of ether oxygens (including phenoxy) is 2. The summed E-state index contributed by atoms with van der Waals surface area (Å²) in [5.41, 5.74) is 0. The molecule has 1 aliphatic heterocycles. The molecule has 0 amide bonds. The van der Waals surface area contributed by atoms with Gasteiger partial charge in [-0.15, -0.1) is 0 Å². The van der Waals surface area contributed by atoms with Crippen LogP contribution in [0.3, 0.4) is 0 Å². The first-order valence-electron chi connectivity index (χ1n) is 5.46. The van der Waals surface area contributed by atoms with Crippen molar-refractivity contribution in [1.82, 2.24) is 0 Å². The van der Waals surface area contributed by atoms with Crippen LogP contribution in [0.1, 0.15) is 13.3 Å². The van der Waals surface area contributed by atoms with Crippen molar-refractivity contribution < 1.29 is 19.2 Å². The molecular formula is C10H19INO3+. The van der Waals surface area contributed by atoms with Crippen LogP contribution in [0.2, 0.25) is 0 Å². The van der Waals surface area contributed by atoms with Gasteiger partial charge in [-0.05, 0) is 6.42 Å². The quantitative estimate of drug-likeness (QED) is 0.426. The highest BCUT2D eigenvalue weighted by molar-refractivity contribution is 14.1. The number of morpholine rings is 1. The highest BCUT2D eigenvalue weighted by Gasteiger charge is 2.16. The summed E-state index contributed by atoms with van der Waals surface area (Å²) in [5, 5.41) is 0. The minimum absolute atomic E-state index is 0.00212. The van der Waals surface area contributed by atoms with Crippen LogP contribution in [0.5, 0.6) is 0 Å². The van der Waals surface area contributed by atoms with Crippen molar-refractivity contribution >= 4 is 28.6 Å². The topological polar surface area (TPSA) is 40.0 Å².